The number of amides is 1. The molecule has 0 unspecified atom stereocenters. The second-order valence-electron chi connectivity index (χ2n) is 8.21. The van der Waals surface area contributed by atoms with Crippen LogP contribution >= 0.6 is 0 Å². The van der Waals surface area contributed by atoms with E-state index in [1.54, 1.807) is 42.6 Å². The van der Waals surface area contributed by atoms with Crippen molar-refractivity contribution in [3.8, 4) is 17.6 Å². The Hall–Kier alpha value is -3.32. The monoisotopic (exact) mass is 552 g/mol. The van der Waals surface area contributed by atoms with Crippen molar-refractivity contribution in [1.29, 1.82) is 0 Å². The number of alkyl halides is 3. The number of nitrogens with two attached hydrogens (primary N) is 1. The molecular weight excluding hydrogens is 528 g/mol. The van der Waals surface area contributed by atoms with E-state index in [0.717, 1.165) is 0 Å². The topological polar surface area (TPSA) is 90.0 Å². The number of nitrogens with zero attached hydrogens (tertiary/aromatic N) is 1. The molecule has 0 aliphatic carbocycles. The van der Waals surface area contributed by atoms with Gasteiger partial charge in [0.2, 0.25) is 0 Å². The summed E-state index contributed by atoms with van der Waals surface area (Å²) in [5.41, 5.74) is 7.75. The van der Waals surface area contributed by atoms with Crippen LogP contribution in [0.5, 0.6) is 5.75 Å². The predicted molar refractivity (Wildman–Crippen MR) is 128 cm³/mol. The van der Waals surface area contributed by atoms with Crippen LogP contribution in [0.4, 0.5) is 24.5 Å². The number of halogens is 3. The summed E-state index contributed by atoms with van der Waals surface area (Å²) in [5, 5.41) is 1.69. The van der Waals surface area contributed by atoms with Crippen molar-refractivity contribution in [3.05, 3.63) is 53.7 Å². The van der Waals surface area contributed by atoms with Crippen LogP contribution in [0.15, 0.2) is 42.6 Å². The number of nitrogens with one attached hydrogen (secondary N) is 2. The van der Waals surface area contributed by atoms with E-state index in [-0.39, 0.29) is 28.1 Å². The number of rotatable bonds is 6. The molecule has 35 heavy (non-hydrogen) atoms. The van der Waals surface area contributed by atoms with Gasteiger partial charge >= 0.3 is 176 Å². The molecule has 1 aromatic carbocycles. The fourth-order valence-corrected chi connectivity index (χ4v) is 5.04. The van der Waals surface area contributed by atoms with Crippen molar-refractivity contribution >= 4 is 42.3 Å². The summed E-state index contributed by atoms with van der Waals surface area (Å²) in [6, 6.07) is 9.78. The summed E-state index contributed by atoms with van der Waals surface area (Å²) in [4.78, 5) is 12.5. The fraction of sp³-hybridized carbons (Fsp3) is 0.292. The van der Waals surface area contributed by atoms with Gasteiger partial charge in [-0.05, 0) is 6.92 Å². The molecule has 1 fully saturated rings. The van der Waals surface area contributed by atoms with Gasteiger partial charge in [-0.15, -0.1) is 0 Å². The Morgan fingerprint density at radius 3 is 2.74 bits per heavy atom. The van der Waals surface area contributed by atoms with Crippen LogP contribution in [-0.2, 0) is 4.74 Å². The van der Waals surface area contributed by atoms with Gasteiger partial charge in [-0.25, -0.2) is 0 Å². The van der Waals surface area contributed by atoms with E-state index in [1.807, 2.05) is 6.92 Å². The molecule has 7 nitrogen and oxygen atoms in total. The number of carbonyl (C=O) groups excluding carboxylic acids is 1. The normalized spacial score (nSPS) is 14.5. The molecule has 0 atom stereocenters. The van der Waals surface area contributed by atoms with Crippen molar-refractivity contribution in [1.82, 2.24) is 9.72 Å². The molecule has 0 saturated carbocycles. The van der Waals surface area contributed by atoms with E-state index >= 15 is 0 Å². The van der Waals surface area contributed by atoms with Crippen molar-refractivity contribution in [2.24, 2.45) is 0 Å². The third-order valence-electron chi connectivity index (χ3n) is 5.32. The molecule has 4 N–H and O–H groups in total. The molecule has 1 aliphatic heterocycles. The standard InChI is InChI=1S/C24H23F3N4O3Se/c1-23(13-34-14-23)30-21(32)15-7-8-18(20(12-15)33-2)29-9-3-5-16-11-19-17(28)6-4-10-31(19)22(16)35-24(25,26)27/h4,6-8,10-12,29H,9,13-14,28H2,1-2H3,(H,30,32). The van der Waals surface area contributed by atoms with Crippen LogP contribution in [-0.4, -0.2) is 62.7 Å². The van der Waals surface area contributed by atoms with Crippen molar-refractivity contribution in [3.63, 3.8) is 0 Å². The van der Waals surface area contributed by atoms with Crippen molar-refractivity contribution in [2.45, 2.75) is 17.5 Å². The maximum absolute atomic E-state index is 13.2. The molecule has 1 saturated heterocycles. The van der Waals surface area contributed by atoms with Crippen molar-refractivity contribution in [2.75, 3.05) is 37.9 Å². The molecule has 11 heteroatoms. The second kappa shape index (κ2) is 9.74. The number of anilines is 2. The molecule has 0 spiro atoms. The van der Waals surface area contributed by atoms with Crippen LogP contribution in [0, 0.1) is 11.8 Å². The van der Waals surface area contributed by atoms with Gasteiger partial charge in [-0.1, -0.05) is 0 Å². The van der Waals surface area contributed by atoms with Gasteiger partial charge < -0.3 is 4.74 Å². The van der Waals surface area contributed by atoms with E-state index in [4.69, 9.17) is 15.2 Å². The number of hydrogen-bond acceptors (Lipinski definition) is 5. The summed E-state index contributed by atoms with van der Waals surface area (Å²) >= 11 is -1.78. The summed E-state index contributed by atoms with van der Waals surface area (Å²) in [5.74, 6) is 5.91. The number of nitrogen functional groups attached to an aromatic ring is 1. The number of methoxy groups -OCH3 is 1. The first-order valence-corrected chi connectivity index (χ1v) is 12.3. The Morgan fingerprint density at radius 1 is 1.31 bits per heavy atom. The molecule has 184 valence electrons. The quantitative estimate of drug-likeness (QED) is 0.324. The average molecular weight is 551 g/mol. The Balaban J connectivity index is 1.49. The third kappa shape index (κ3) is 5.68. The number of carbonyl (C=O) groups is 1. The van der Waals surface area contributed by atoms with Gasteiger partial charge in [0.25, 0.3) is 0 Å². The molecule has 1 aliphatic rings. The number of hydrogen-bond donors (Lipinski definition) is 3. The van der Waals surface area contributed by atoms with E-state index in [9.17, 15) is 18.0 Å². The van der Waals surface area contributed by atoms with Crippen LogP contribution < -0.4 is 25.7 Å². The number of benzene rings is 1. The average Bonchev–Trinajstić information content (AvgIpc) is 3.12. The second-order valence-corrected chi connectivity index (χ2v) is 10.4. The zero-order chi connectivity index (χ0) is 25.2. The fourth-order valence-electron chi connectivity index (χ4n) is 3.58. The molecule has 2 aromatic heterocycles. The summed E-state index contributed by atoms with van der Waals surface area (Å²) in [7, 11) is 1.48. The van der Waals surface area contributed by atoms with Gasteiger partial charge in [0, 0.05) is 0 Å². The summed E-state index contributed by atoms with van der Waals surface area (Å²) in [6.45, 7) is 2.98. The minimum atomic E-state index is -4.33. The van der Waals surface area contributed by atoms with E-state index < -0.39 is 20.0 Å². The van der Waals surface area contributed by atoms with Gasteiger partial charge in [0.15, 0.2) is 0 Å². The zero-order valence-electron chi connectivity index (χ0n) is 19.0. The zero-order valence-corrected chi connectivity index (χ0v) is 20.7. The number of pyridine rings is 1. The Labute approximate surface area is 206 Å². The van der Waals surface area contributed by atoms with E-state index in [1.165, 1.54) is 11.5 Å². The first-order chi connectivity index (χ1) is 16.6. The Kier molecular flexibility index (Phi) is 6.90. The van der Waals surface area contributed by atoms with Crippen LogP contribution in [0.2, 0.25) is 0 Å². The summed E-state index contributed by atoms with van der Waals surface area (Å²) < 4.78 is 51.7. The van der Waals surface area contributed by atoms with E-state index in [0.29, 0.717) is 41.4 Å². The van der Waals surface area contributed by atoms with Gasteiger partial charge in [0.05, 0.1) is 18.8 Å². The SMILES string of the molecule is COc1cc(C(=O)NC2(C)COC2)ccc1NCC#Cc1cc2c(N)cccn2c1[Se]C(F)(F)F. The Bertz CT molecular complexity index is 1320. The van der Waals surface area contributed by atoms with Gasteiger partial charge in [0.1, 0.15) is 0 Å². The third-order valence-corrected chi connectivity index (χ3v) is 7.08. The number of fused-ring (bicyclic) bond motifs is 1. The van der Waals surface area contributed by atoms with Crippen LogP contribution in [0.3, 0.4) is 0 Å². The first kappa shape index (κ1) is 24.8. The minimum absolute atomic E-state index is 0.0957. The molecule has 3 heterocycles. The molecule has 0 bridgehead atoms. The van der Waals surface area contributed by atoms with Gasteiger partial charge in [-0.3, -0.25) is 0 Å². The van der Waals surface area contributed by atoms with E-state index in [2.05, 4.69) is 22.5 Å². The van der Waals surface area contributed by atoms with Crippen LogP contribution in [0.25, 0.3) is 5.52 Å². The molecule has 0 radical (unpaired) electrons. The Morgan fingerprint density at radius 2 is 2.09 bits per heavy atom. The molecule has 1 amide bonds. The predicted octanol–water partition coefficient (Wildman–Crippen LogP) is 2.36. The molecule has 4 rings (SSSR count). The maximum atomic E-state index is 13.2. The molecular formula is C24H23F3N4O3Se. The number of ether oxygens (including phenoxy) is 2. The van der Waals surface area contributed by atoms with Crippen LogP contribution in [0.1, 0.15) is 22.8 Å². The first-order valence-electron chi connectivity index (χ1n) is 10.5. The van der Waals surface area contributed by atoms with Crippen molar-refractivity contribution < 1.29 is 27.4 Å². The molecule has 3 aromatic rings. The van der Waals surface area contributed by atoms with Gasteiger partial charge in [-0.2, -0.15) is 0 Å². The summed E-state index contributed by atoms with van der Waals surface area (Å²) in [6.07, 6.45) is 1.55. The number of aromatic nitrogens is 1.